The summed E-state index contributed by atoms with van der Waals surface area (Å²) < 4.78 is 37.8. The van der Waals surface area contributed by atoms with Crippen LogP contribution in [0.2, 0.25) is 0 Å². The Balaban J connectivity index is 2.07. The molecular formula is C13H16F3N3O2. The largest absolute Gasteiger partial charge is 0.421 e. The second-order valence-corrected chi connectivity index (χ2v) is 5.12. The number of likely N-dealkylation sites (tertiary alicyclic amines) is 1. The molecule has 1 aliphatic heterocycles. The normalized spacial score (nSPS) is 19.7. The summed E-state index contributed by atoms with van der Waals surface area (Å²) in [4.78, 5) is 27.1. The van der Waals surface area contributed by atoms with Gasteiger partial charge >= 0.3 is 6.18 Å². The summed E-state index contributed by atoms with van der Waals surface area (Å²) >= 11 is 0. The molecule has 1 amide bonds. The third-order valence-corrected chi connectivity index (χ3v) is 3.64. The monoisotopic (exact) mass is 303 g/mol. The van der Waals surface area contributed by atoms with Gasteiger partial charge in [0.05, 0.1) is 5.56 Å². The molecule has 0 unspecified atom stereocenters. The highest BCUT2D eigenvalue weighted by molar-refractivity contribution is 5.94. The fourth-order valence-electron chi connectivity index (χ4n) is 2.38. The summed E-state index contributed by atoms with van der Waals surface area (Å²) in [5, 5.41) is 2.60. The van der Waals surface area contributed by atoms with Gasteiger partial charge in [-0.25, -0.2) is 0 Å². The SMILES string of the molecule is CN1CCC[C@@H]1CNC(=O)c1c[nH]c(=O)c(C(F)(F)F)c1. The zero-order chi connectivity index (χ0) is 15.6. The van der Waals surface area contributed by atoms with Gasteiger partial charge in [0, 0.05) is 18.8 Å². The summed E-state index contributed by atoms with van der Waals surface area (Å²) in [6, 6.07) is 0.769. The van der Waals surface area contributed by atoms with Crippen LogP contribution in [0, 0.1) is 0 Å². The van der Waals surface area contributed by atoms with Crippen molar-refractivity contribution in [3.8, 4) is 0 Å². The highest BCUT2D eigenvalue weighted by atomic mass is 19.4. The molecular weight excluding hydrogens is 287 g/mol. The minimum absolute atomic E-state index is 0.193. The summed E-state index contributed by atoms with van der Waals surface area (Å²) in [5.41, 5.74) is -2.83. The summed E-state index contributed by atoms with van der Waals surface area (Å²) in [7, 11) is 1.94. The van der Waals surface area contributed by atoms with E-state index in [4.69, 9.17) is 0 Å². The van der Waals surface area contributed by atoms with Gasteiger partial charge in [0.15, 0.2) is 0 Å². The number of likely N-dealkylation sites (N-methyl/N-ethyl adjacent to an activating group) is 1. The van der Waals surface area contributed by atoms with Crippen LogP contribution in [0.1, 0.15) is 28.8 Å². The molecule has 0 aliphatic carbocycles. The van der Waals surface area contributed by atoms with Crippen molar-refractivity contribution in [2.75, 3.05) is 20.1 Å². The molecule has 2 N–H and O–H groups in total. The first-order valence-corrected chi connectivity index (χ1v) is 6.57. The van der Waals surface area contributed by atoms with Crippen LogP contribution < -0.4 is 10.9 Å². The lowest BCUT2D eigenvalue weighted by Crippen LogP contribution is -2.38. The van der Waals surface area contributed by atoms with Crippen molar-refractivity contribution in [2.24, 2.45) is 0 Å². The smallest absolute Gasteiger partial charge is 0.350 e. The van der Waals surface area contributed by atoms with Crippen molar-refractivity contribution in [2.45, 2.75) is 25.1 Å². The maximum absolute atomic E-state index is 12.6. The molecule has 0 radical (unpaired) electrons. The van der Waals surface area contributed by atoms with Crippen LogP contribution in [0.5, 0.6) is 0 Å². The number of alkyl halides is 3. The second kappa shape index (κ2) is 5.88. The van der Waals surface area contributed by atoms with Gasteiger partial charge in [-0.05, 0) is 32.5 Å². The third-order valence-electron chi connectivity index (χ3n) is 3.64. The lowest BCUT2D eigenvalue weighted by Gasteiger charge is -2.19. The van der Waals surface area contributed by atoms with Gasteiger partial charge in [-0.1, -0.05) is 0 Å². The van der Waals surface area contributed by atoms with E-state index in [9.17, 15) is 22.8 Å². The molecule has 0 aromatic carbocycles. The number of halogens is 3. The van der Waals surface area contributed by atoms with E-state index in [1.165, 1.54) is 0 Å². The van der Waals surface area contributed by atoms with E-state index < -0.39 is 23.2 Å². The molecule has 1 aliphatic rings. The van der Waals surface area contributed by atoms with E-state index >= 15 is 0 Å². The van der Waals surface area contributed by atoms with Crippen molar-refractivity contribution in [1.82, 2.24) is 15.2 Å². The molecule has 0 spiro atoms. The van der Waals surface area contributed by atoms with Crippen molar-refractivity contribution in [1.29, 1.82) is 0 Å². The number of nitrogens with one attached hydrogen (secondary N) is 2. The molecule has 2 heterocycles. The van der Waals surface area contributed by atoms with E-state index in [2.05, 4.69) is 10.2 Å². The van der Waals surface area contributed by atoms with Crippen molar-refractivity contribution in [3.05, 3.63) is 33.7 Å². The number of hydrogen-bond acceptors (Lipinski definition) is 3. The lowest BCUT2D eigenvalue weighted by atomic mass is 10.1. The minimum atomic E-state index is -4.78. The Morgan fingerprint density at radius 3 is 2.81 bits per heavy atom. The minimum Gasteiger partial charge on any atom is -0.350 e. The molecule has 1 atom stereocenters. The first-order valence-electron chi connectivity index (χ1n) is 6.57. The van der Waals surface area contributed by atoms with Crippen LogP contribution in [0.4, 0.5) is 13.2 Å². The van der Waals surface area contributed by atoms with Crippen LogP contribution in [-0.4, -0.2) is 42.0 Å². The Morgan fingerprint density at radius 2 is 2.24 bits per heavy atom. The van der Waals surface area contributed by atoms with Gasteiger partial charge in [0.1, 0.15) is 5.56 Å². The lowest BCUT2D eigenvalue weighted by molar-refractivity contribution is -0.138. The van der Waals surface area contributed by atoms with Crippen molar-refractivity contribution >= 4 is 5.91 Å². The predicted octanol–water partition coefficient (Wildman–Crippen LogP) is 1.22. The summed E-state index contributed by atoms with van der Waals surface area (Å²) in [5.74, 6) is -0.628. The second-order valence-electron chi connectivity index (χ2n) is 5.12. The number of nitrogens with zero attached hydrogens (tertiary/aromatic N) is 1. The van der Waals surface area contributed by atoms with Crippen LogP contribution in [0.15, 0.2) is 17.1 Å². The predicted molar refractivity (Wildman–Crippen MR) is 70.0 cm³/mol. The van der Waals surface area contributed by atoms with Gasteiger partial charge in [-0.15, -0.1) is 0 Å². The third kappa shape index (κ3) is 3.63. The Labute approximate surface area is 119 Å². The number of carbonyl (C=O) groups is 1. The fourth-order valence-corrected chi connectivity index (χ4v) is 2.38. The van der Waals surface area contributed by atoms with Gasteiger partial charge in [0.2, 0.25) is 0 Å². The zero-order valence-electron chi connectivity index (χ0n) is 11.5. The van der Waals surface area contributed by atoms with Gasteiger partial charge in [-0.2, -0.15) is 13.2 Å². The van der Waals surface area contributed by atoms with Crippen LogP contribution in [0.3, 0.4) is 0 Å². The molecule has 5 nitrogen and oxygen atoms in total. The molecule has 1 aromatic heterocycles. The van der Waals surface area contributed by atoms with Crippen LogP contribution in [0.25, 0.3) is 0 Å². The summed E-state index contributed by atoms with van der Waals surface area (Å²) in [6.07, 6.45) is -1.81. The molecule has 0 saturated carbocycles. The number of carbonyl (C=O) groups excluding carboxylic acids is 1. The quantitative estimate of drug-likeness (QED) is 0.882. The van der Waals surface area contributed by atoms with E-state index in [0.29, 0.717) is 12.6 Å². The fraction of sp³-hybridized carbons (Fsp3) is 0.538. The van der Waals surface area contributed by atoms with Crippen LogP contribution in [-0.2, 0) is 6.18 Å². The number of aromatic amines is 1. The first kappa shape index (κ1) is 15.6. The number of pyridine rings is 1. The Morgan fingerprint density at radius 1 is 1.52 bits per heavy atom. The average molecular weight is 303 g/mol. The number of amides is 1. The summed E-state index contributed by atoms with van der Waals surface area (Å²) in [6.45, 7) is 1.31. The van der Waals surface area contributed by atoms with E-state index in [0.717, 1.165) is 25.6 Å². The zero-order valence-corrected chi connectivity index (χ0v) is 11.5. The topological polar surface area (TPSA) is 65.2 Å². The van der Waals surface area contributed by atoms with Gasteiger partial charge in [0.25, 0.3) is 11.5 Å². The Hall–Kier alpha value is -1.83. The van der Waals surface area contributed by atoms with Gasteiger partial charge < -0.3 is 15.2 Å². The molecule has 2 rings (SSSR count). The number of hydrogen-bond donors (Lipinski definition) is 2. The molecule has 1 saturated heterocycles. The van der Waals surface area contributed by atoms with E-state index in [1.54, 1.807) is 0 Å². The van der Waals surface area contributed by atoms with Crippen molar-refractivity contribution < 1.29 is 18.0 Å². The Kier molecular flexibility index (Phi) is 4.36. The highest BCUT2D eigenvalue weighted by Crippen LogP contribution is 2.26. The number of H-pyrrole nitrogens is 1. The first-order chi connectivity index (χ1) is 9.79. The molecule has 116 valence electrons. The number of rotatable bonds is 3. The molecule has 8 heteroatoms. The maximum Gasteiger partial charge on any atom is 0.421 e. The Bertz CT molecular complexity index is 583. The van der Waals surface area contributed by atoms with E-state index in [1.807, 2.05) is 12.0 Å². The molecule has 1 aromatic rings. The van der Waals surface area contributed by atoms with Crippen molar-refractivity contribution in [3.63, 3.8) is 0 Å². The average Bonchev–Trinajstić information content (AvgIpc) is 2.80. The van der Waals surface area contributed by atoms with Gasteiger partial charge in [-0.3, -0.25) is 9.59 Å². The molecule has 0 bridgehead atoms. The van der Waals surface area contributed by atoms with E-state index in [-0.39, 0.29) is 11.6 Å². The standard InChI is InChI=1S/C13H16F3N3O2/c1-19-4-2-3-9(19)7-18-11(20)8-5-10(13(14,15)16)12(21)17-6-8/h5-6,9H,2-4,7H2,1H3,(H,17,21)(H,18,20)/t9-/m1/s1. The maximum atomic E-state index is 12.6. The van der Waals surface area contributed by atoms with Crippen LogP contribution >= 0.6 is 0 Å². The molecule has 1 fully saturated rings. The number of aromatic nitrogens is 1. The highest BCUT2D eigenvalue weighted by Gasteiger charge is 2.34. The molecule has 21 heavy (non-hydrogen) atoms.